The Bertz CT molecular complexity index is 479. The number of piperidine rings is 1. The van der Waals surface area contributed by atoms with E-state index in [0.29, 0.717) is 28.8 Å². The zero-order valence-corrected chi connectivity index (χ0v) is 14.0. The van der Waals surface area contributed by atoms with Gasteiger partial charge in [-0.15, -0.1) is 12.4 Å². The summed E-state index contributed by atoms with van der Waals surface area (Å²) < 4.78 is 24.5. The summed E-state index contributed by atoms with van der Waals surface area (Å²) in [6, 6.07) is 6.28. The van der Waals surface area contributed by atoms with Gasteiger partial charge < -0.3 is 10.6 Å². The molecule has 0 saturated carbocycles. The Hall–Kier alpha value is -0.850. The average molecular weight is 351 g/mol. The molecule has 1 saturated heterocycles. The van der Waals surface area contributed by atoms with Gasteiger partial charge in [0, 0.05) is 17.0 Å². The van der Waals surface area contributed by atoms with Gasteiger partial charge in [-0.1, -0.05) is 18.7 Å². The minimum atomic E-state index is -2.44. The first kappa shape index (κ1) is 19.2. The second kappa shape index (κ2) is 8.70. The molecule has 0 atom stereocenters. The maximum absolute atomic E-state index is 12.2. The third-order valence-corrected chi connectivity index (χ3v) is 4.55. The number of hydrogen-bond acceptors (Lipinski definition) is 3. The zero-order valence-electron chi connectivity index (χ0n) is 12.4. The number of benzene rings is 1. The van der Waals surface area contributed by atoms with Crippen LogP contribution in [0.15, 0.2) is 29.2 Å². The Morgan fingerprint density at radius 3 is 2.45 bits per heavy atom. The van der Waals surface area contributed by atoms with Crippen LogP contribution in [-0.2, 0) is 0 Å². The normalized spacial score (nSPS) is 16.9. The highest BCUT2D eigenvalue weighted by atomic mass is 35.5. The molecule has 1 fully saturated rings. The molecule has 2 rings (SSSR count). The fourth-order valence-corrected chi connectivity index (χ4v) is 2.89. The van der Waals surface area contributed by atoms with E-state index in [1.807, 2.05) is 0 Å². The standard InChI is InChI=1S/C15H20F2N2OS.ClH/c1-15(6-8-18-9-7-15)10-19-13(20)11-2-4-12(5-3-11)21-14(16)17;/h2-5,14,18H,6-10H2,1H3,(H,19,20);1H. The molecule has 2 N–H and O–H groups in total. The summed E-state index contributed by atoms with van der Waals surface area (Å²) in [6.07, 6.45) is 2.08. The van der Waals surface area contributed by atoms with E-state index in [0.717, 1.165) is 25.9 Å². The number of carbonyl (C=O) groups is 1. The second-order valence-electron chi connectivity index (χ2n) is 5.65. The Kier molecular flexibility index (Phi) is 7.59. The number of rotatable bonds is 5. The summed E-state index contributed by atoms with van der Waals surface area (Å²) in [7, 11) is 0. The number of carbonyl (C=O) groups excluding carboxylic acids is 1. The maximum atomic E-state index is 12.2. The van der Waals surface area contributed by atoms with Crippen LogP contribution in [-0.4, -0.2) is 31.3 Å². The molecule has 1 heterocycles. The molecule has 0 unspecified atom stereocenters. The zero-order chi connectivity index (χ0) is 15.3. The lowest BCUT2D eigenvalue weighted by molar-refractivity contribution is 0.0922. The van der Waals surface area contributed by atoms with Crippen LogP contribution < -0.4 is 10.6 Å². The van der Waals surface area contributed by atoms with E-state index in [4.69, 9.17) is 0 Å². The smallest absolute Gasteiger partial charge is 0.288 e. The molecule has 0 bridgehead atoms. The highest BCUT2D eigenvalue weighted by Crippen LogP contribution is 2.27. The van der Waals surface area contributed by atoms with Gasteiger partial charge in [0.05, 0.1) is 0 Å². The van der Waals surface area contributed by atoms with E-state index >= 15 is 0 Å². The predicted molar refractivity (Wildman–Crippen MR) is 88.1 cm³/mol. The molecule has 3 nitrogen and oxygen atoms in total. The van der Waals surface area contributed by atoms with Crippen LogP contribution >= 0.6 is 24.2 Å². The fourth-order valence-electron chi connectivity index (χ4n) is 2.39. The molecular formula is C15H21ClF2N2OS. The monoisotopic (exact) mass is 350 g/mol. The molecule has 124 valence electrons. The Labute approximate surface area is 140 Å². The predicted octanol–water partition coefficient (Wildman–Crippen LogP) is 3.54. The Morgan fingerprint density at radius 2 is 1.91 bits per heavy atom. The number of halogens is 3. The summed E-state index contributed by atoms with van der Waals surface area (Å²) in [5, 5.41) is 6.25. The van der Waals surface area contributed by atoms with E-state index < -0.39 is 5.76 Å². The number of hydrogen-bond donors (Lipinski definition) is 2. The van der Waals surface area contributed by atoms with Crippen molar-refractivity contribution in [3.05, 3.63) is 29.8 Å². The number of nitrogens with one attached hydrogen (secondary N) is 2. The van der Waals surface area contributed by atoms with Gasteiger partial charge in [0.15, 0.2) is 0 Å². The lowest BCUT2D eigenvalue weighted by atomic mass is 9.81. The number of alkyl halides is 2. The average Bonchev–Trinajstić information content (AvgIpc) is 2.46. The van der Waals surface area contributed by atoms with Gasteiger partial charge in [-0.3, -0.25) is 4.79 Å². The first-order valence-electron chi connectivity index (χ1n) is 7.02. The quantitative estimate of drug-likeness (QED) is 0.798. The lowest BCUT2D eigenvalue weighted by Gasteiger charge is -2.34. The molecule has 0 aliphatic carbocycles. The SMILES string of the molecule is CC1(CNC(=O)c2ccc(SC(F)F)cc2)CCNCC1.Cl. The molecule has 0 spiro atoms. The molecule has 1 aromatic rings. The molecule has 1 aliphatic heterocycles. The second-order valence-corrected chi connectivity index (χ2v) is 6.71. The van der Waals surface area contributed by atoms with E-state index in [2.05, 4.69) is 17.6 Å². The van der Waals surface area contributed by atoms with Crippen molar-refractivity contribution in [3.8, 4) is 0 Å². The van der Waals surface area contributed by atoms with Crippen molar-refractivity contribution < 1.29 is 13.6 Å². The van der Waals surface area contributed by atoms with Gasteiger partial charge in [-0.25, -0.2) is 0 Å². The van der Waals surface area contributed by atoms with Crippen molar-refractivity contribution in [2.75, 3.05) is 19.6 Å². The molecule has 0 radical (unpaired) electrons. The summed E-state index contributed by atoms with van der Waals surface area (Å²) in [5.41, 5.74) is 0.637. The van der Waals surface area contributed by atoms with E-state index in [9.17, 15) is 13.6 Å². The third-order valence-electron chi connectivity index (χ3n) is 3.83. The largest absolute Gasteiger partial charge is 0.351 e. The highest BCUT2D eigenvalue weighted by Gasteiger charge is 2.27. The lowest BCUT2D eigenvalue weighted by Crippen LogP contribution is -2.42. The van der Waals surface area contributed by atoms with Crippen LogP contribution in [0.3, 0.4) is 0 Å². The molecular weight excluding hydrogens is 330 g/mol. The highest BCUT2D eigenvalue weighted by molar-refractivity contribution is 7.99. The maximum Gasteiger partial charge on any atom is 0.288 e. The van der Waals surface area contributed by atoms with Crippen LogP contribution in [0.25, 0.3) is 0 Å². The van der Waals surface area contributed by atoms with Gasteiger partial charge in [0.2, 0.25) is 0 Å². The minimum absolute atomic E-state index is 0. The van der Waals surface area contributed by atoms with Gasteiger partial charge in [-0.05, 0) is 55.6 Å². The van der Waals surface area contributed by atoms with Gasteiger partial charge in [-0.2, -0.15) is 8.78 Å². The van der Waals surface area contributed by atoms with Crippen molar-refractivity contribution in [1.82, 2.24) is 10.6 Å². The summed E-state index contributed by atoms with van der Waals surface area (Å²) >= 11 is 0.482. The van der Waals surface area contributed by atoms with Crippen LogP contribution in [0.4, 0.5) is 8.78 Å². The van der Waals surface area contributed by atoms with Crippen molar-refractivity contribution in [3.63, 3.8) is 0 Å². The van der Waals surface area contributed by atoms with Crippen molar-refractivity contribution in [1.29, 1.82) is 0 Å². The van der Waals surface area contributed by atoms with Gasteiger partial charge in [0.1, 0.15) is 0 Å². The summed E-state index contributed by atoms with van der Waals surface area (Å²) in [4.78, 5) is 12.5. The molecule has 1 aliphatic rings. The number of thioether (sulfide) groups is 1. The van der Waals surface area contributed by atoms with Crippen molar-refractivity contribution in [2.45, 2.75) is 30.4 Å². The first-order chi connectivity index (χ1) is 9.98. The Balaban J connectivity index is 0.00000242. The fraction of sp³-hybridized carbons (Fsp3) is 0.533. The van der Waals surface area contributed by atoms with E-state index in [1.165, 1.54) is 0 Å². The van der Waals surface area contributed by atoms with Crippen molar-refractivity contribution in [2.24, 2.45) is 5.41 Å². The van der Waals surface area contributed by atoms with Gasteiger partial charge in [0.25, 0.3) is 11.7 Å². The van der Waals surface area contributed by atoms with Crippen LogP contribution in [0, 0.1) is 5.41 Å². The molecule has 1 amide bonds. The van der Waals surface area contributed by atoms with Crippen LogP contribution in [0.5, 0.6) is 0 Å². The van der Waals surface area contributed by atoms with Crippen LogP contribution in [0.2, 0.25) is 0 Å². The van der Waals surface area contributed by atoms with Gasteiger partial charge >= 0.3 is 0 Å². The third kappa shape index (κ3) is 5.74. The molecule has 22 heavy (non-hydrogen) atoms. The minimum Gasteiger partial charge on any atom is -0.351 e. The van der Waals surface area contributed by atoms with Crippen LogP contribution in [0.1, 0.15) is 30.1 Å². The molecule has 7 heteroatoms. The molecule has 0 aromatic heterocycles. The summed E-state index contributed by atoms with van der Waals surface area (Å²) in [5.74, 6) is -2.59. The van der Waals surface area contributed by atoms with Crippen molar-refractivity contribution >= 4 is 30.1 Å². The number of amides is 1. The topological polar surface area (TPSA) is 41.1 Å². The van der Waals surface area contributed by atoms with E-state index in [-0.39, 0.29) is 23.7 Å². The summed E-state index contributed by atoms with van der Waals surface area (Å²) in [6.45, 7) is 4.77. The van der Waals surface area contributed by atoms with E-state index in [1.54, 1.807) is 24.3 Å². The molecule has 1 aromatic carbocycles. The first-order valence-corrected chi connectivity index (χ1v) is 7.90. The Morgan fingerprint density at radius 1 is 1.32 bits per heavy atom.